The van der Waals surface area contributed by atoms with E-state index in [1.165, 1.54) is 0 Å². The van der Waals surface area contributed by atoms with Gasteiger partial charge in [-0.1, -0.05) is 12.1 Å². The molecule has 1 saturated heterocycles. The predicted octanol–water partition coefficient (Wildman–Crippen LogP) is 3.14. The molecule has 0 aromatic rings. The summed E-state index contributed by atoms with van der Waals surface area (Å²) in [5.41, 5.74) is 0. The summed E-state index contributed by atoms with van der Waals surface area (Å²) in [7, 11) is -0.654. The van der Waals surface area contributed by atoms with Gasteiger partial charge in [0.1, 0.15) is 0 Å². The summed E-state index contributed by atoms with van der Waals surface area (Å²) >= 11 is 36.1. The number of halogens is 6. The molecule has 84 valence electrons. The predicted molar refractivity (Wildman–Crippen MR) is 80.8 cm³/mol. The highest BCUT2D eigenvalue weighted by molar-refractivity contribution is 7.67. The maximum atomic E-state index is 6.01. The molecule has 0 aromatic heterocycles. The smallest absolute Gasteiger partial charge is 0.126 e. The highest BCUT2D eigenvalue weighted by atomic mass is 35.8. The Morgan fingerprint density at radius 2 is 1.00 bits per heavy atom. The standard InChI is InChI=1S/C4H10Cl6Si4/c5-13(6,7)3-1-11-4(2-12-3)14(8,9)10/h3-4H,1-2,11-12H2. The third-order valence-electron chi connectivity index (χ3n) is 2.65. The van der Waals surface area contributed by atoms with Crippen LogP contribution in [0.5, 0.6) is 0 Å². The van der Waals surface area contributed by atoms with E-state index < -0.39 is 12.0 Å². The molecule has 0 N–H and O–H groups in total. The molecule has 1 rings (SSSR count). The molecular formula is C4H10Cl6Si4. The lowest BCUT2D eigenvalue weighted by molar-refractivity contribution is 1.13. The SMILES string of the molecule is Cl[Si](Cl)(Cl)C1C[SiH2]C([Si](Cl)(Cl)Cl)C[SiH2]1. The van der Waals surface area contributed by atoms with Gasteiger partial charge in [0.05, 0.1) is 0 Å². The molecule has 2 atom stereocenters. The van der Waals surface area contributed by atoms with E-state index in [9.17, 15) is 0 Å². The molecule has 10 heteroatoms. The van der Waals surface area contributed by atoms with E-state index in [1.54, 1.807) is 0 Å². The van der Waals surface area contributed by atoms with Crippen LogP contribution in [0.4, 0.5) is 0 Å². The Hall–Kier alpha value is 2.61. The normalized spacial score (nSPS) is 33.9. The summed E-state index contributed by atoms with van der Waals surface area (Å²) in [6, 6.07) is -2.70. The Labute approximate surface area is 119 Å². The first-order valence-electron chi connectivity index (χ1n) is 4.34. The molecule has 1 heterocycles. The van der Waals surface area contributed by atoms with Crippen LogP contribution < -0.4 is 0 Å². The number of hydrogen-bond donors (Lipinski definition) is 0. The Bertz CT molecular complexity index is 169. The second-order valence-electron chi connectivity index (χ2n) is 3.63. The Kier molecular flexibility index (Phi) is 5.76. The van der Waals surface area contributed by atoms with Crippen molar-refractivity contribution in [3.05, 3.63) is 0 Å². The van der Waals surface area contributed by atoms with Crippen LogP contribution in [-0.2, 0) is 0 Å². The summed E-state index contributed by atoms with van der Waals surface area (Å²) in [5.74, 6) is 0. The van der Waals surface area contributed by atoms with Gasteiger partial charge in [-0.25, -0.2) is 0 Å². The quantitative estimate of drug-likeness (QED) is 0.508. The fraction of sp³-hybridized carbons (Fsp3) is 1.00. The minimum atomic E-state index is -2.45. The third kappa shape index (κ3) is 4.47. The van der Waals surface area contributed by atoms with Crippen molar-refractivity contribution < 1.29 is 0 Å². The van der Waals surface area contributed by atoms with Gasteiger partial charge < -0.3 is 0 Å². The van der Waals surface area contributed by atoms with Crippen LogP contribution in [0, 0.1) is 0 Å². The van der Waals surface area contributed by atoms with Crippen LogP contribution in [-0.4, -0.2) is 31.0 Å². The maximum Gasteiger partial charge on any atom is 0.341 e. The second-order valence-corrected chi connectivity index (χ2v) is 27.6. The first kappa shape index (κ1) is 14.7. The Morgan fingerprint density at radius 3 is 1.14 bits per heavy atom. The van der Waals surface area contributed by atoms with Gasteiger partial charge in [-0.15, -0.1) is 66.5 Å². The van der Waals surface area contributed by atoms with Crippen molar-refractivity contribution >= 4 is 97.5 Å². The summed E-state index contributed by atoms with van der Waals surface area (Å²) in [4.78, 5) is 0. The molecule has 0 aromatic carbocycles. The summed E-state index contributed by atoms with van der Waals surface area (Å²) in [5, 5.41) is 0.883. The van der Waals surface area contributed by atoms with Crippen molar-refractivity contribution in [3.63, 3.8) is 0 Å². The minimum absolute atomic E-state index is 0.327. The summed E-state index contributed by atoms with van der Waals surface area (Å²) in [6.45, 7) is 0. The van der Waals surface area contributed by atoms with Gasteiger partial charge in [-0.3, -0.25) is 0 Å². The van der Waals surface area contributed by atoms with Gasteiger partial charge in [0.15, 0.2) is 0 Å². The molecule has 1 fully saturated rings. The molecule has 0 aliphatic carbocycles. The van der Waals surface area contributed by atoms with Gasteiger partial charge in [0.2, 0.25) is 0 Å². The van der Waals surface area contributed by atoms with Crippen molar-refractivity contribution in [3.8, 4) is 0 Å². The zero-order valence-electron chi connectivity index (χ0n) is 7.25. The first-order chi connectivity index (χ1) is 6.21. The molecular weight excluding hydrogens is 373 g/mol. The van der Waals surface area contributed by atoms with Gasteiger partial charge in [0.25, 0.3) is 0 Å². The van der Waals surface area contributed by atoms with Gasteiger partial charge in [-0.05, 0) is 10.3 Å². The molecule has 0 radical (unpaired) electrons. The van der Waals surface area contributed by atoms with E-state index in [1.807, 2.05) is 0 Å². The Balaban J connectivity index is 2.47. The highest BCUT2D eigenvalue weighted by Gasteiger charge is 2.45. The van der Waals surface area contributed by atoms with Crippen molar-refractivity contribution in [1.29, 1.82) is 0 Å². The van der Waals surface area contributed by atoms with E-state index in [4.69, 9.17) is 66.5 Å². The fourth-order valence-electron chi connectivity index (χ4n) is 1.75. The zero-order chi connectivity index (χ0) is 11.0. The monoisotopic (exact) mass is 380 g/mol. The molecule has 0 nitrogen and oxygen atoms in total. The van der Waals surface area contributed by atoms with Crippen molar-refractivity contribution in [2.24, 2.45) is 0 Å². The molecule has 0 spiro atoms. The van der Waals surface area contributed by atoms with Gasteiger partial charge in [0, 0.05) is 19.0 Å². The van der Waals surface area contributed by atoms with E-state index in [-0.39, 0.29) is 19.0 Å². The largest absolute Gasteiger partial charge is 0.341 e. The minimum Gasteiger partial charge on any atom is -0.126 e. The van der Waals surface area contributed by atoms with E-state index >= 15 is 0 Å². The lowest BCUT2D eigenvalue weighted by Gasteiger charge is -2.32. The molecule has 0 amide bonds. The first-order valence-corrected chi connectivity index (χ1v) is 18.2. The van der Waals surface area contributed by atoms with Crippen molar-refractivity contribution in [1.82, 2.24) is 0 Å². The number of hydrogen-bond acceptors (Lipinski definition) is 0. The second kappa shape index (κ2) is 5.50. The lowest BCUT2D eigenvalue weighted by Crippen LogP contribution is -2.37. The van der Waals surface area contributed by atoms with Crippen molar-refractivity contribution in [2.75, 3.05) is 0 Å². The fourth-order valence-corrected chi connectivity index (χ4v) is 26.1. The summed E-state index contributed by atoms with van der Waals surface area (Å²) in [6.07, 6.45) is 0. The van der Waals surface area contributed by atoms with E-state index in [0.29, 0.717) is 10.3 Å². The van der Waals surface area contributed by atoms with Gasteiger partial charge >= 0.3 is 12.0 Å². The van der Waals surface area contributed by atoms with Crippen LogP contribution in [0.15, 0.2) is 0 Å². The molecule has 2 unspecified atom stereocenters. The molecule has 1 aliphatic heterocycles. The Morgan fingerprint density at radius 1 is 0.714 bits per heavy atom. The van der Waals surface area contributed by atoms with Crippen LogP contribution in [0.1, 0.15) is 0 Å². The molecule has 14 heavy (non-hydrogen) atoms. The zero-order valence-corrected chi connectivity index (χ0v) is 16.6. The molecule has 0 bridgehead atoms. The van der Waals surface area contributed by atoms with Gasteiger partial charge in [-0.2, -0.15) is 0 Å². The summed E-state index contributed by atoms with van der Waals surface area (Å²) < 4.78 is 0. The maximum absolute atomic E-state index is 6.01. The highest BCUT2D eigenvalue weighted by Crippen LogP contribution is 2.45. The average molecular weight is 383 g/mol. The topological polar surface area (TPSA) is 0 Å². The third-order valence-corrected chi connectivity index (χ3v) is 27.8. The van der Waals surface area contributed by atoms with Crippen LogP contribution in [0.25, 0.3) is 0 Å². The number of rotatable bonds is 2. The molecule has 0 saturated carbocycles. The van der Waals surface area contributed by atoms with Crippen molar-refractivity contribution in [2.45, 2.75) is 22.4 Å². The molecule has 1 aliphatic rings. The van der Waals surface area contributed by atoms with E-state index in [2.05, 4.69) is 0 Å². The van der Waals surface area contributed by atoms with Crippen LogP contribution in [0.2, 0.25) is 22.4 Å². The lowest BCUT2D eigenvalue weighted by atomic mass is 10.9. The average Bonchev–Trinajstić information content (AvgIpc) is 2.01. The van der Waals surface area contributed by atoms with Crippen LogP contribution >= 0.6 is 66.5 Å². The van der Waals surface area contributed by atoms with Crippen LogP contribution in [0.3, 0.4) is 0 Å². The van der Waals surface area contributed by atoms with E-state index in [0.717, 1.165) is 12.1 Å².